The summed E-state index contributed by atoms with van der Waals surface area (Å²) in [5, 5.41) is 9.49. The lowest BCUT2D eigenvalue weighted by atomic mass is 10.0. The number of hydrogen-bond donors (Lipinski definition) is 2. The van der Waals surface area contributed by atoms with Gasteiger partial charge in [-0.3, -0.25) is 20.2 Å². The van der Waals surface area contributed by atoms with E-state index in [2.05, 4.69) is 25.5 Å². The number of benzene rings is 3. The van der Waals surface area contributed by atoms with Gasteiger partial charge in [0.1, 0.15) is 12.4 Å². The summed E-state index contributed by atoms with van der Waals surface area (Å²) in [5.74, 6) is -1.82. The van der Waals surface area contributed by atoms with Crippen molar-refractivity contribution in [2.75, 3.05) is 10.6 Å². The van der Waals surface area contributed by atoms with E-state index in [1.165, 1.54) is 16.8 Å². The van der Waals surface area contributed by atoms with E-state index in [-0.39, 0.29) is 35.8 Å². The summed E-state index contributed by atoms with van der Waals surface area (Å²) in [4.78, 5) is 44.8. The number of halogens is 3. The minimum atomic E-state index is -4.87. The van der Waals surface area contributed by atoms with E-state index in [1.807, 2.05) is 34.6 Å². The molecule has 0 aliphatic rings. The monoisotopic (exact) mass is 652 g/mol. The van der Waals surface area contributed by atoms with E-state index < -0.39 is 35.6 Å². The molecule has 0 aliphatic carbocycles. The molecule has 3 amide bonds. The number of carbonyl (C=O) groups excluding carboxylic acids is 3. The third kappa shape index (κ3) is 9.08. The number of nitrogens with one attached hydrogen (secondary N) is 2. The number of alkyl halides is 3. The zero-order chi connectivity index (χ0) is 34.5. The molecule has 11 nitrogen and oxygen atoms in total. The number of amides is 3. The largest absolute Gasteiger partial charge is 0.573 e. The van der Waals surface area contributed by atoms with Crippen LogP contribution in [0.25, 0.3) is 5.69 Å². The molecule has 4 rings (SSSR count). The molecule has 248 valence electrons. The normalized spacial score (nSPS) is 11.6. The topological polar surface area (TPSA) is 128 Å². The van der Waals surface area contributed by atoms with Crippen molar-refractivity contribution in [1.82, 2.24) is 19.7 Å². The third-order valence-electron chi connectivity index (χ3n) is 6.78. The van der Waals surface area contributed by atoms with Crippen molar-refractivity contribution in [3.63, 3.8) is 0 Å². The van der Waals surface area contributed by atoms with Crippen LogP contribution in [-0.2, 0) is 11.3 Å². The molecule has 2 N–H and O–H groups in total. The van der Waals surface area contributed by atoms with E-state index >= 15 is 0 Å². The Hall–Kier alpha value is -5.40. The van der Waals surface area contributed by atoms with Crippen LogP contribution < -0.4 is 15.4 Å². The van der Waals surface area contributed by atoms with E-state index in [0.29, 0.717) is 16.7 Å². The lowest BCUT2D eigenvalue weighted by molar-refractivity contribution is -0.274. The fourth-order valence-electron chi connectivity index (χ4n) is 4.81. The molecule has 0 aliphatic heterocycles. The van der Waals surface area contributed by atoms with Gasteiger partial charge in [0.05, 0.1) is 5.69 Å². The molecular formula is C33H35F3N6O5. The van der Waals surface area contributed by atoms with Crippen LogP contribution in [0.5, 0.6) is 5.75 Å². The van der Waals surface area contributed by atoms with Crippen LogP contribution in [0.3, 0.4) is 0 Å². The molecule has 0 fully saturated rings. The second kappa shape index (κ2) is 13.9. The molecule has 1 aromatic heterocycles. The van der Waals surface area contributed by atoms with Crippen LogP contribution >= 0.6 is 0 Å². The summed E-state index contributed by atoms with van der Waals surface area (Å²) >= 11 is 0. The average Bonchev–Trinajstić information content (AvgIpc) is 3.36. The molecule has 0 bridgehead atoms. The number of rotatable bonds is 9. The second-order valence-electron chi connectivity index (χ2n) is 11.8. The fraction of sp³-hybridized carbons (Fsp3) is 0.303. The molecule has 14 heteroatoms. The lowest BCUT2D eigenvalue weighted by Crippen LogP contribution is -2.49. The fourth-order valence-corrected chi connectivity index (χ4v) is 4.81. The van der Waals surface area contributed by atoms with Crippen molar-refractivity contribution >= 4 is 29.8 Å². The maximum Gasteiger partial charge on any atom is 0.573 e. The number of nitrogens with zero attached hydrogens (tertiary/aromatic N) is 4. The Bertz CT molecular complexity index is 1730. The molecule has 0 unspecified atom stereocenters. The first-order valence-electron chi connectivity index (χ1n) is 14.6. The Kier molecular flexibility index (Phi) is 10.2. The van der Waals surface area contributed by atoms with Crippen molar-refractivity contribution in [2.45, 2.75) is 66.1 Å². The highest BCUT2D eigenvalue weighted by molar-refractivity contribution is 6.05. The summed E-state index contributed by atoms with van der Waals surface area (Å²) in [5.41, 5.74) is 1.77. The van der Waals surface area contributed by atoms with Gasteiger partial charge in [0.25, 0.3) is 17.8 Å². The van der Waals surface area contributed by atoms with Gasteiger partial charge in [0, 0.05) is 22.7 Å². The van der Waals surface area contributed by atoms with Crippen LogP contribution in [0.15, 0.2) is 72.8 Å². The predicted octanol–water partition coefficient (Wildman–Crippen LogP) is 7.12. The van der Waals surface area contributed by atoms with Gasteiger partial charge >= 0.3 is 12.5 Å². The van der Waals surface area contributed by atoms with Gasteiger partial charge in [-0.05, 0) is 95.1 Å². The Labute approximate surface area is 269 Å². The van der Waals surface area contributed by atoms with Gasteiger partial charge in [0.15, 0.2) is 0 Å². The number of aromatic nitrogens is 3. The number of aryl methyl sites for hydroxylation is 1. The minimum Gasteiger partial charge on any atom is -0.445 e. The first kappa shape index (κ1) is 34.5. The quantitative estimate of drug-likeness (QED) is 0.197. The predicted molar refractivity (Wildman–Crippen MR) is 168 cm³/mol. The zero-order valence-corrected chi connectivity index (χ0v) is 26.7. The van der Waals surface area contributed by atoms with Crippen LogP contribution in [0.1, 0.15) is 66.5 Å². The molecule has 1 heterocycles. The molecule has 0 saturated carbocycles. The Balaban J connectivity index is 1.52. The van der Waals surface area contributed by atoms with Crippen molar-refractivity contribution in [3.05, 3.63) is 95.1 Å². The van der Waals surface area contributed by atoms with Crippen molar-refractivity contribution < 1.29 is 37.0 Å². The molecular weight excluding hydrogens is 617 g/mol. The molecule has 0 radical (unpaired) electrons. The molecule has 0 saturated heterocycles. The summed E-state index contributed by atoms with van der Waals surface area (Å²) in [6.45, 7) is 11.3. The first-order valence-corrected chi connectivity index (χ1v) is 14.6. The first-order chi connectivity index (χ1) is 22.0. The van der Waals surface area contributed by atoms with Crippen molar-refractivity contribution in [1.29, 1.82) is 0 Å². The average molecular weight is 653 g/mol. The van der Waals surface area contributed by atoms with E-state index in [9.17, 15) is 27.6 Å². The van der Waals surface area contributed by atoms with Gasteiger partial charge < -0.3 is 14.4 Å². The standard InChI is InChI=1S/C33H35F3N6O5/c1-20(2)41(32(4,5)6)31(45)46-19-22-11-13-23(14-12-22)27(43)37-29-39-30(38-28(44)26-10-8-7-9-21(26)3)42(40-29)24-15-17-25(18-16-24)47-33(34,35)36/h7-18,20H,19H2,1-6H3,(H2,37,38,39,40,43,44). The van der Waals surface area contributed by atoms with Crippen LogP contribution in [0.4, 0.5) is 29.9 Å². The van der Waals surface area contributed by atoms with Crippen LogP contribution in [0, 0.1) is 6.92 Å². The lowest BCUT2D eigenvalue weighted by Gasteiger charge is -2.37. The Morgan fingerprint density at radius 2 is 1.53 bits per heavy atom. The molecule has 0 atom stereocenters. The number of carbonyl (C=O) groups is 3. The summed E-state index contributed by atoms with van der Waals surface area (Å²) < 4.78 is 48.6. The van der Waals surface area contributed by atoms with E-state index in [4.69, 9.17) is 4.74 Å². The third-order valence-corrected chi connectivity index (χ3v) is 6.78. The summed E-state index contributed by atoms with van der Waals surface area (Å²) in [6, 6.07) is 17.9. The highest BCUT2D eigenvalue weighted by Gasteiger charge is 2.31. The van der Waals surface area contributed by atoms with E-state index in [1.54, 1.807) is 60.4 Å². The van der Waals surface area contributed by atoms with Crippen molar-refractivity contribution in [3.8, 4) is 11.4 Å². The van der Waals surface area contributed by atoms with Gasteiger partial charge in [-0.1, -0.05) is 30.3 Å². The van der Waals surface area contributed by atoms with E-state index in [0.717, 1.165) is 12.1 Å². The molecule has 4 aromatic rings. The Morgan fingerprint density at radius 3 is 2.11 bits per heavy atom. The Morgan fingerprint density at radius 1 is 0.894 bits per heavy atom. The van der Waals surface area contributed by atoms with Gasteiger partial charge in [-0.2, -0.15) is 9.67 Å². The van der Waals surface area contributed by atoms with Gasteiger partial charge in [0.2, 0.25) is 5.95 Å². The number of ether oxygens (including phenoxy) is 2. The van der Waals surface area contributed by atoms with Crippen LogP contribution in [-0.4, -0.2) is 55.5 Å². The molecule has 0 spiro atoms. The summed E-state index contributed by atoms with van der Waals surface area (Å²) in [6.07, 6.45) is -5.33. The van der Waals surface area contributed by atoms with Crippen molar-refractivity contribution in [2.24, 2.45) is 0 Å². The second-order valence-corrected chi connectivity index (χ2v) is 11.8. The smallest absolute Gasteiger partial charge is 0.445 e. The maximum absolute atomic E-state index is 13.1. The summed E-state index contributed by atoms with van der Waals surface area (Å²) in [7, 11) is 0. The number of anilines is 2. The SMILES string of the molecule is Cc1ccccc1C(=O)Nc1nc(NC(=O)c2ccc(COC(=O)N(C(C)C)C(C)(C)C)cc2)nn1-c1ccc(OC(F)(F)F)cc1. The molecule has 47 heavy (non-hydrogen) atoms. The molecule has 3 aromatic carbocycles. The highest BCUT2D eigenvalue weighted by atomic mass is 19.4. The van der Waals surface area contributed by atoms with Crippen LogP contribution in [0.2, 0.25) is 0 Å². The van der Waals surface area contributed by atoms with Gasteiger partial charge in [-0.25, -0.2) is 4.79 Å². The van der Waals surface area contributed by atoms with Gasteiger partial charge in [-0.15, -0.1) is 18.3 Å². The minimum absolute atomic E-state index is 0.00272. The highest BCUT2D eigenvalue weighted by Crippen LogP contribution is 2.26. The maximum atomic E-state index is 13.1. The zero-order valence-electron chi connectivity index (χ0n) is 26.7. The number of hydrogen-bond acceptors (Lipinski definition) is 7.